The normalized spacial score (nSPS) is 10.2. The Morgan fingerprint density at radius 3 is 2.61 bits per heavy atom. The summed E-state index contributed by atoms with van der Waals surface area (Å²) in [4.78, 5) is 23.9. The number of hydrogen-bond acceptors (Lipinski definition) is 2. The Kier molecular flexibility index (Phi) is 5.16. The van der Waals surface area contributed by atoms with Crippen LogP contribution in [0.2, 0.25) is 5.02 Å². The van der Waals surface area contributed by atoms with Gasteiger partial charge in [0.1, 0.15) is 0 Å². The molecule has 0 radical (unpaired) electrons. The number of hydrogen-bond donors (Lipinski definition) is 1. The molecule has 4 nitrogen and oxygen atoms in total. The van der Waals surface area contributed by atoms with Crippen molar-refractivity contribution in [2.24, 2.45) is 0 Å². The van der Waals surface area contributed by atoms with Crippen molar-refractivity contribution < 1.29 is 14.7 Å². The van der Waals surface area contributed by atoms with E-state index in [1.807, 2.05) is 6.92 Å². The molecule has 1 amide bonds. The van der Waals surface area contributed by atoms with Gasteiger partial charge in [0, 0.05) is 30.6 Å². The summed E-state index contributed by atoms with van der Waals surface area (Å²) < 4.78 is 0. The second-order valence-corrected chi connectivity index (χ2v) is 4.60. The first kappa shape index (κ1) is 14.5. The van der Waals surface area contributed by atoms with Gasteiger partial charge in [-0.25, -0.2) is 0 Å². The van der Waals surface area contributed by atoms with E-state index in [-0.39, 0.29) is 12.3 Å². The predicted octanol–water partition coefficient (Wildman–Crippen LogP) is 2.59. The van der Waals surface area contributed by atoms with Gasteiger partial charge in [-0.05, 0) is 31.0 Å². The molecule has 98 valence electrons. The van der Waals surface area contributed by atoms with Crippen LogP contribution in [0.4, 0.5) is 0 Å². The zero-order valence-electron chi connectivity index (χ0n) is 10.4. The first-order valence-electron chi connectivity index (χ1n) is 5.65. The van der Waals surface area contributed by atoms with E-state index in [0.717, 1.165) is 5.56 Å². The Bertz CT molecular complexity index is 460. The van der Waals surface area contributed by atoms with E-state index < -0.39 is 5.97 Å². The lowest BCUT2D eigenvalue weighted by Gasteiger charge is -2.17. The Morgan fingerprint density at radius 2 is 2.06 bits per heavy atom. The number of carboxylic acids is 1. The first-order chi connectivity index (χ1) is 8.41. The molecule has 0 aliphatic rings. The highest BCUT2D eigenvalue weighted by molar-refractivity contribution is 6.31. The van der Waals surface area contributed by atoms with Crippen molar-refractivity contribution in [3.05, 3.63) is 34.3 Å². The summed E-state index contributed by atoms with van der Waals surface area (Å²) in [5, 5.41) is 9.08. The maximum absolute atomic E-state index is 12.0. The SMILES string of the molecule is Cc1ccc(C(=O)N(C)CCCC(=O)O)cc1Cl. The molecule has 0 bridgehead atoms. The number of carbonyl (C=O) groups excluding carboxylic acids is 1. The topological polar surface area (TPSA) is 57.6 Å². The fourth-order valence-electron chi connectivity index (χ4n) is 1.52. The standard InChI is InChI=1S/C13H16ClNO3/c1-9-5-6-10(8-11(9)14)13(18)15(2)7-3-4-12(16)17/h5-6,8H,3-4,7H2,1-2H3,(H,16,17). The molecule has 0 unspecified atom stereocenters. The molecule has 18 heavy (non-hydrogen) atoms. The number of nitrogens with zero attached hydrogens (tertiary/aromatic N) is 1. The second kappa shape index (κ2) is 6.40. The summed E-state index contributed by atoms with van der Waals surface area (Å²) in [5.74, 6) is -1.00. The molecule has 0 saturated carbocycles. The molecule has 1 aromatic carbocycles. The third-order valence-electron chi connectivity index (χ3n) is 2.65. The predicted molar refractivity (Wildman–Crippen MR) is 70.0 cm³/mol. The van der Waals surface area contributed by atoms with Gasteiger partial charge in [0.25, 0.3) is 5.91 Å². The van der Waals surface area contributed by atoms with Gasteiger partial charge in [-0.2, -0.15) is 0 Å². The van der Waals surface area contributed by atoms with Gasteiger partial charge in [0.2, 0.25) is 0 Å². The Hall–Kier alpha value is -1.55. The quantitative estimate of drug-likeness (QED) is 0.894. The van der Waals surface area contributed by atoms with Crippen molar-refractivity contribution in [2.75, 3.05) is 13.6 Å². The van der Waals surface area contributed by atoms with E-state index in [2.05, 4.69) is 0 Å². The van der Waals surface area contributed by atoms with Gasteiger partial charge in [0.05, 0.1) is 0 Å². The van der Waals surface area contributed by atoms with Crippen LogP contribution in [0.5, 0.6) is 0 Å². The average Bonchev–Trinajstić information content (AvgIpc) is 2.31. The van der Waals surface area contributed by atoms with Crippen molar-refractivity contribution in [1.82, 2.24) is 4.90 Å². The Morgan fingerprint density at radius 1 is 1.39 bits per heavy atom. The fraction of sp³-hybridized carbons (Fsp3) is 0.385. The van der Waals surface area contributed by atoms with Crippen molar-refractivity contribution in [2.45, 2.75) is 19.8 Å². The second-order valence-electron chi connectivity index (χ2n) is 4.19. The van der Waals surface area contributed by atoms with E-state index in [4.69, 9.17) is 16.7 Å². The number of halogens is 1. The van der Waals surface area contributed by atoms with Crippen molar-refractivity contribution in [1.29, 1.82) is 0 Å². The number of rotatable bonds is 5. The van der Waals surface area contributed by atoms with Crippen molar-refractivity contribution in [3.63, 3.8) is 0 Å². The molecule has 0 aromatic heterocycles. The van der Waals surface area contributed by atoms with Crippen LogP contribution in [0, 0.1) is 6.92 Å². The molecule has 0 fully saturated rings. The van der Waals surface area contributed by atoms with Crippen LogP contribution in [0.25, 0.3) is 0 Å². The molecular formula is C13H16ClNO3. The summed E-state index contributed by atoms with van der Waals surface area (Å²) >= 11 is 5.96. The fourth-order valence-corrected chi connectivity index (χ4v) is 1.70. The van der Waals surface area contributed by atoms with Crippen LogP contribution in [0.1, 0.15) is 28.8 Å². The van der Waals surface area contributed by atoms with E-state index >= 15 is 0 Å². The first-order valence-corrected chi connectivity index (χ1v) is 6.03. The lowest BCUT2D eigenvalue weighted by molar-refractivity contribution is -0.137. The average molecular weight is 270 g/mol. The van der Waals surface area contributed by atoms with Crippen molar-refractivity contribution >= 4 is 23.5 Å². The number of benzene rings is 1. The Balaban J connectivity index is 2.62. The number of carboxylic acid groups (broad SMARTS) is 1. The van der Waals surface area contributed by atoms with Crippen LogP contribution in [-0.2, 0) is 4.79 Å². The molecule has 1 rings (SSSR count). The summed E-state index contributed by atoms with van der Waals surface area (Å²) in [5.41, 5.74) is 1.44. The molecule has 0 aliphatic carbocycles. The number of carbonyl (C=O) groups is 2. The lowest BCUT2D eigenvalue weighted by Crippen LogP contribution is -2.28. The smallest absolute Gasteiger partial charge is 0.303 e. The zero-order valence-corrected chi connectivity index (χ0v) is 11.2. The number of amides is 1. The molecule has 1 aromatic rings. The van der Waals surface area contributed by atoms with Crippen LogP contribution in [0.3, 0.4) is 0 Å². The Labute approximate surface area is 111 Å². The maximum atomic E-state index is 12.0. The van der Waals surface area contributed by atoms with Crippen LogP contribution in [-0.4, -0.2) is 35.5 Å². The van der Waals surface area contributed by atoms with E-state index in [1.54, 1.807) is 25.2 Å². The summed E-state index contributed by atoms with van der Waals surface area (Å²) in [6.07, 6.45) is 0.503. The molecule has 0 atom stereocenters. The number of aryl methyl sites for hydroxylation is 1. The third-order valence-corrected chi connectivity index (χ3v) is 3.06. The van der Waals surface area contributed by atoms with E-state index in [9.17, 15) is 9.59 Å². The highest BCUT2D eigenvalue weighted by Gasteiger charge is 2.12. The molecule has 0 spiro atoms. The minimum absolute atomic E-state index is 0.0618. The molecule has 5 heteroatoms. The van der Waals surface area contributed by atoms with Crippen molar-refractivity contribution in [3.8, 4) is 0 Å². The third kappa shape index (κ3) is 4.04. The van der Waals surface area contributed by atoms with Crippen LogP contribution < -0.4 is 0 Å². The van der Waals surface area contributed by atoms with E-state index in [1.165, 1.54) is 4.90 Å². The monoisotopic (exact) mass is 269 g/mol. The maximum Gasteiger partial charge on any atom is 0.303 e. The van der Waals surface area contributed by atoms with E-state index in [0.29, 0.717) is 23.6 Å². The van der Waals surface area contributed by atoms with Crippen LogP contribution in [0.15, 0.2) is 18.2 Å². The highest BCUT2D eigenvalue weighted by Crippen LogP contribution is 2.17. The minimum atomic E-state index is -0.853. The summed E-state index contributed by atoms with van der Waals surface area (Å²) in [7, 11) is 1.65. The molecular weight excluding hydrogens is 254 g/mol. The van der Waals surface area contributed by atoms with Gasteiger partial charge in [0.15, 0.2) is 0 Å². The van der Waals surface area contributed by atoms with Gasteiger partial charge < -0.3 is 10.0 Å². The molecule has 0 heterocycles. The van der Waals surface area contributed by atoms with Gasteiger partial charge >= 0.3 is 5.97 Å². The molecule has 0 aliphatic heterocycles. The van der Waals surface area contributed by atoms with Crippen LogP contribution >= 0.6 is 11.6 Å². The van der Waals surface area contributed by atoms with Gasteiger partial charge in [-0.15, -0.1) is 0 Å². The highest BCUT2D eigenvalue weighted by atomic mass is 35.5. The summed E-state index contributed by atoms with van der Waals surface area (Å²) in [6, 6.07) is 5.14. The van der Waals surface area contributed by atoms with Gasteiger partial charge in [-0.3, -0.25) is 9.59 Å². The largest absolute Gasteiger partial charge is 0.481 e. The number of aliphatic carboxylic acids is 1. The van der Waals surface area contributed by atoms with Gasteiger partial charge in [-0.1, -0.05) is 17.7 Å². The summed E-state index contributed by atoms with van der Waals surface area (Å²) in [6.45, 7) is 2.28. The minimum Gasteiger partial charge on any atom is -0.481 e. The zero-order chi connectivity index (χ0) is 13.7. The molecule has 0 saturated heterocycles. The lowest BCUT2D eigenvalue weighted by atomic mass is 10.1. The molecule has 1 N–H and O–H groups in total.